The monoisotopic (exact) mass is 233 g/mol. The zero-order chi connectivity index (χ0) is 12.7. The lowest BCUT2D eigenvalue weighted by molar-refractivity contribution is 0.362. The van der Waals surface area contributed by atoms with E-state index in [1.54, 1.807) is 0 Å². The number of benzene rings is 1. The minimum Gasteiger partial charge on any atom is -0.490 e. The predicted octanol–water partition coefficient (Wildman–Crippen LogP) is 3.53. The van der Waals surface area contributed by atoms with Crippen LogP contribution in [0.25, 0.3) is 0 Å². The van der Waals surface area contributed by atoms with Gasteiger partial charge in [-0.15, -0.1) is 0 Å². The fourth-order valence-electron chi connectivity index (χ4n) is 1.31. The van der Waals surface area contributed by atoms with Crippen molar-refractivity contribution < 1.29 is 4.74 Å². The third-order valence-corrected chi connectivity index (χ3v) is 2.33. The van der Waals surface area contributed by atoms with E-state index < -0.39 is 0 Å². The van der Waals surface area contributed by atoms with Crippen molar-refractivity contribution in [3.8, 4) is 5.75 Å². The summed E-state index contributed by atoms with van der Waals surface area (Å²) in [6.45, 7) is 10.0. The summed E-state index contributed by atoms with van der Waals surface area (Å²) < 4.78 is 5.54. The van der Waals surface area contributed by atoms with Gasteiger partial charge in [-0.3, -0.25) is 0 Å². The smallest absolute Gasteiger partial charge is 0.119 e. The van der Waals surface area contributed by atoms with Crippen molar-refractivity contribution in [1.82, 2.24) is 5.32 Å². The average Bonchev–Trinajstić information content (AvgIpc) is 2.27. The molecule has 0 bridgehead atoms. The van der Waals surface area contributed by atoms with Gasteiger partial charge in [-0.05, 0) is 45.4 Å². The van der Waals surface area contributed by atoms with Crippen molar-refractivity contribution >= 4 is 0 Å². The maximum Gasteiger partial charge on any atom is 0.119 e. The number of hydrogen-bond donors (Lipinski definition) is 1. The van der Waals surface area contributed by atoms with Gasteiger partial charge >= 0.3 is 0 Å². The van der Waals surface area contributed by atoms with Crippen LogP contribution in [-0.4, -0.2) is 12.1 Å². The molecule has 1 N–H and O–H groups in total. The second-order valence-electron chi connectivity index (χ2n) is 5.13. The molecule has 0 aromatic heterocycles. The highest BCUT2D eigenvalue weighted by Gasteiger charge is 2.07. The lowest BCUT2D eigenvalue weighted by Crippen LogP contribution is -2.34. The molecule has 0 aliphatic rings. The van der Waals surface area contributed by atoms with Crippen LogP contribution in [0.5, 0.6) is 5.75 Å². The Morgan fingerprint density at radius 1 is 1.18 bits per heavy atom. The number of nitrogens with one attached hydrogen (secondary N) is 1. The molecule has 0 radical (unpaired) electrons. The minimum absolute atomic E-state index is 0.154. The number of ether oxygens (including phenoxy) is 1. The molecule has 0 spiro atoms. The van der Waals surface area contributed by atoms with Gasteiger partial charge in [-0.2, -0.15) is 0 Å². The molecule has 0 unspecified atom stereocenters. The van der Waals surface area contributed by atoms with Crippen LogP contribution >= 0.6 is 0 Å². The molecule has 2 nitrogen and oxygen atoms in total. The third-order valence-electron chi connectivity index (χ3n) is 2.33. The predicted molar refractivity (Wildman–Crippen MR) is 73.3 cm³/mol. The summed E-state index contributed by atoms with van der Waals surface area (Å²) in [6, 6.07) is 8.24. The first-order valence-corrected chi connectivity index (χ1v) is 6.09. The highest BCUT2D eigenvalue weighted by Crippen LogP contribution is 2.13. The van der Waals surface area contributed by atoms with Gasteiger partial charge in [0, 0.05) is 12.1 Å². The van der Waals surface area contributed by atoms with Gasteiger partial charge in [-0.25, -0.2) is 0 Å². The molecule has 0 aliphatic carbocycles. The molecule has 17 heavy (non-hydrogen) atoms. The molecule has 0 saturated carbocycles. The lowest BCUT2D eigenvalue weighted by Gasteiger charge is -2.20. The molecule has 0 aliphatic heterocycles. The third kappa shape index (κ3) is 6.12. The van der Waals surface area contributed by atoms with E-state index in [1.165, 1.54) is 5.56 Å². The molecule has 0 heterocycles. The summed E-state index contributed by atoms with van der Waals surface area (Å²) in [5, 5.41) is 3.46. The summed E-state index contributed by atoms with van der Waals surface area (Å²) in [7, 11) is 0. The van der Waals surface area contributed by atoms with Crippen LogP contribution in [-0.2, 0) is 6.54 Å². The van der Waals surface area contributed by atoms with Crippen molar-refractivity contribution in [2.75, 3.05) is 6.61 Å². The van der Waals surface area contributed by atoms with Crippen LogP contribution in [0, 0.1) is 0 Å². The Balaban J connectivity index is 2.44. The van der Waals surface area contributed by atoms with Crippen LogP contribution in [0.1, 0.15) is 33.3 Å². The van der Waals surface area contributed by atoms with Crippen molar-refractivity contribution in [3.05, 3.63) is 42.0 Å². The van der Waals surface area contributed by atoms with Gasteiger partial charge in [-0.1, -0.05) is 24.3 Å². The van der Waals surface area contributed by atoms with E-state index in [9.17, 15) is 0 Å². The maximum atomic E-state index is 5.54. The van der Waals surface area contributed by atoms with Crippen LogP contribution in [0.15, 0.2) is 36.4 Å². The first kappa shape index (κ1) is 13.8. The highest BCUT2D eigenvalue weighted by molar-refractivity contribution is 5.27. The van der Waals surface area contributed by atoms with Gasteiger partial charge in [0.25, 0.3) is 0 Å². The Bertz CT molecular complexity index is 346. The fourth-order valence-corrected chi connectivity index (χ4v) is 1.31. The van der Waals surface area contributed by atoms with E-state index >= 15 is 0 Å². The molecule has 1 aromatic carbocycles. The van der Waals surface area contributed by atoms with Crippen molar-refractivity contribution in [3.63, 3.8) is 0 Å². The number of rotatable bonds is 5. The SMILES string of the molecule is CC=CCOc1ccc(CNC(C)(C)C)cc1. The molecule has 1 aromatic rings. The summed E-state index contributed by atoms with van der Waals surface area (Å²) >= 11 is 0. The molecule has 0 amide bonds. The van der Waals surface area contributed by atoms with Crippen LogP contribution in [0.3, 0.4) is 0 Å². The Kier molecular flexibility index (Phi) is 5.23. The van der Waals surface area contributed by atoms with E-state index in [4.69, 9.17) is 4.74 Å². The zero-order valence-corrected chi connectivity index (χ0v) is 11.3. The number of hydrogen-bond acceptors (Lipinski definition) is 2. The standard InChI is InChI=1S/C15H23NO/c1-5-6-11-17-14-9-7-13(8-10-14)12-16-15(2,3)4/h5-10,16H,11-12H2,1-4H3. The molecule has 1 rings (SSSR count). The summed E-state index contributed by atoms with van der Waals surface area (Å²) in [5.41, 5.74) is 1.43. The van der Waals surface area contributed by atoms with Crippen LogP contribution in [0.4, 0.5) is 0 Å². The van der Waals surface area contributed by atoms with Crippen LogP contribution < -0.4 is 10.1 Å². The molecule has 2 heteroatoms. The first-order valence-electron chi connectivity index (χ1n) is 6.09. The topological polar surface area (TPSA) is 21.3 Å². The average molecular weight is 233 g/mol. The quantitative estimate of drug-likeness (QED) is 0.786. The summed E-state index contributed by atoms with van der Waals surface area (Å²) in [6.07, 6.45) is 3.98. The van der Waals surface area contributed by atoms with Gasteiger partial charge < -0.3 is 10.1 Å². The lowest BCUT2D eigenvalue weighted by atomic mass is 10.1. The van der Waals surface area contributed by atoms with E-state index in [2.05, 4.69) is 38.2 Å². The minimum atomic E-state index is 0.154. The summed E-state index contributed by atoms with van der Waals surface area (Å²) in [5.74, 6) is 0.919. The Morgan fingerprint density at radius 3 is 2.35 bits per heavy atom. The first-order chi connectivity index (χ1) is 8.01. The largest absolute Gasteiger partial charge is 0.490 e. The van der Waals surface area contributed by atoms with Crippen molar-refractivity contribution in [2.24, 2.45) is 0 Å². The van der Waals surface area contributed by atoms with E-state index in [0.717, 1.165) is 12.3 Å². The van der Waals surface area contributed by atoms with E-state index in [-0.39, 0.29) is 5.54 Å². The highest BCUT2D eigenvalue weighted by atomic mass is 16.5. The zero-order valence-electron chi connectivity index (χ0n) is 11.3. The fraction of sp³-hybridized carbons (Fsp3) is 0.467. The molecular formula is C15H23NO. The Morgan fingerprint density at radius 2 is 1.82 bits per heavy atom. The summed E-state index contributed by atoms with van der Waals surface area (Å²) in [4.78, 5) is 0. The van der Waals surface area contributed by atoms with Crippen molar-refractivity contribution in [1.29, 1.82) is 0 Å². The molecule has 0 saturated heterocycles. The van der Waals surface area contributed by atoms with Gasteiger partial charge in [0.15, 0.2) is 0 Å². The second-order valence-corrected chi connectivity index (χ2v) is 5.13. The second kappa shape index (κ2) is 6.45. The molecule has 0 fully saturated rings. The number of allylic oxidation sites excluding steroid dienone is 1. The Hall–Kier alpha value is -1.28. The van der Waals surface area contributed by atoms with Gasteiger partial charge in [0.05, 0.1) is 0 Å². The molecule has 94 valence electrons. The Labute approximate surface area is 105 Å². The van der Waals surface area contributed by atoms with E-state index in [0.29, 0.717) is 6.61 Å². The van der Waals surface area contributed by atoms with Crippen molar-refractivity contribution in [2.45, 2.75) is 39.8 Å². The van der Waals surface area contributed by atoms with E-state index in [1.807, 2.05) is 31.2 Å². The maximum absolute atomic E-state index is 5.54. The van der Waals surface area contributed by atoms with Crippen LogP contribution in [0.2, 0.25) is 0 Å². The normalized spacial score (nSPS) is 12.0. The molecular weight excluding hydrogens is 210 g/mol. The van der Waals surface area contributed by atoms with Gasteiger partial charge in [0.2, 0.25) is 0 Å². The molecule has 0 atom stereocenters. The van der Waals surface area contributed by atoms with Gasteiger partial charge in [0.1, 0.15) is 12.4 Å².